The van der Waals surface area contributed by atoms with Gasteiger partial charge in [-0.15, -0.1) is 0 Å². The van der Waals surface area contributed by atoms with Gasteiger partial charge in [0, 0.05) is 20.3 Å². The molecule has 4 nitrogen and oxygen atoms in total. The summed E-state index contributed by atoms with van der Waals surface area (Å²) in [6.07, 6.45) is 4.88. The number of aromatic nitrogens is 1. The van der Waals surface area contributed by atoms with Crippen LogP contribution in [0, 0.1) is 0 Å². The van der Waals surface area contributed by atoms with Gasteiger partial charge in [0.15, 0.2) is 5.75 Å². The van der Waals surface area contributed by atoms with Gasteiger partial charge in [-0.25, -0.2) is 0 Å². The molecule has 0 unspecified atom stereocenters. The summed E-state index contributed by atoms with van der Waals surface area (Å²) >= 11 is 0. The van der Waals surface area contributed by atoms with E-state index in [1.54, 1.807) is 31.3 Å². The predicted molar refractivity (Wildman–Crippen MR) is 65.3 cm³/mol. The van der Waals surface area contributed by atoms with Crippen LogP contribution in [0.5, 0.6) is 5.75 Å². The highest BCUT2D eigenvalue weighted by molar-refractivity contribution is 5.96. The van der Waals surface area contributed by atoms with Crippen LogP contribution in [0.25, 0.3) is 0 Å². The highest BCUT2D eigenvalue weighted by Crippen LogP contribution is 2.31. The number of hydrogen-bond acceptors (Lipinski definition) is 3. The molecule has 1 aromatic rings. The first kappa shape index (κ1) is 11.9. The Morgan fingerprint density at radius 1 is 1.53 bits per heavy atom. The Morgan fingerprint density at radius 2 is 2.24 bits per heavy atom. The molecular weight excluding hydrogens is 216 g/mol. The lowest BCUT2D eigenvalue weighted by Gasteiger charge is -2.16. The molecule has 1 aliphatic rings. The van der Waals surface area contributed by atoms with Crippen molar-refractivity contribution in [3.05, 3.63) is 23.5 Å². The van der Waals surface area contributed by atoms with Gasteiger partial charge in [0.25, 0.3) is 5.91 Å². The van der Waals surface area contributed by atoms with Crippen molar-refractivity contribution in [1.82, 2.24) is 9.88 Å². The van der Waals surface area contributed by atoms with Gasteiger partial charge < -0.3 is 9.64 Å². The Bertz CT molecular complexity index is 425. The smallest absolute Gasteiger partial charge is 0.257 e. The summed E-state index contributed by atoms with van der Waals surface area (Å²) in [5.74, 6) is 0.647. The molecule has 0 atom stereocenters. The van der Waals surface area contributed by atoms with Crippen molar-refractivity contribution in [3.8, 4) is 5.75 Å². The molecular formula is C13H18N2O2. The second-order valence-corrected chi connectivity index (χ2v) is 4.50. The molecule has 17 heavy (non-hydrogen) atoms. The number of amides is 1. The lowest BCUT2D eigenvalue weighted by atomic mass is 10.1. The molecule has 92 valence electrons. The van der Waals surface area contributed by atoms with E-state index in [1.807, 2.05) is 6.92 Å². The molecule has 0 aromatic carbocycles. The standard InChI is InChI=1S/C13H18N2O2/c1-4-11-12(17-9-5-6-9)10(7-8-14-11)13(16)15(2)3/h7-9H,4-6H2,1-3H3. The molecule has 2 rings (SSSR count). The number of hydrogen-bond donors (Lipinski definition) is 0. The van der Waals surface area contributed by atoms with Gasteiger partial charge in [0.1, 0.15) is 0 Å². The van der Waals surface area contributed by atoms with E-state index < -0.39 is 0 Å². The average Bonchev–Trinajstić information content (AvgIpc) is 3.12. The number of carbonyl (C=O) groups excluding carboxylic acids is 1. The van der Waals surface area contributed by atoms with Crippen LogP contribution in [0.2, 0.25) is 0 Å². The number of carbonyl (C=O) groups is 1. The van der Waals surface area contributed by atoms with Crippen molar-refractivity contribution in [3.63, 3.8) is 0 Å². The van der Waals surface area contributed by atoms with Crippen LogP contribution in [0.4, 0.5) is 0 Å². The molecule has 1 heterocycles. The monoisotopic (exact) mass is 234 g/mol. The summed E-state index contributed by atoms with van der Waals surface area (Å²) < 4.78 is 5.84. The molecule has 0 bridgehead atoms. The van der Waals surface area contributed by atoms with Crippen molar-refractivity contribution < 1.29 is 9.53 Å². The van der Waals surface area contributed by atoms with Gasteiger partial charge in [0.2, 0.25) is 0 Å². The summed E-state index contributed by atoms with van der Waals surface area (Å²) in [6, 6.07) is 1.74. The fourth-order valence-electron chi connectivity index (χ4n) is 1.64. The number of rotatable bonds is 4. The van der Waals surface area contributed by atoms with E-state index in [-0.39, 0.29) is 12.0 Å². The molecule has 1 aromatic heterocycles. The van der Waals surface area contributed by atoms with Crippen LogP contribution in [0.1, 0.15) is 35.8 Å². The Balaban J connectivity index is 2.37. The Hall–Kier alpha value is -1.58. The highest BCUT2D eigenvalue weighted by Gasteiger charge is 2.27. The fourth-order valence-corrected chi connectivity index (χ4v) is 1.64. The van der Waals surface area contributed by atoms with Crippen molar-refractivity contribution in [1.29, 1.82) is 0 Å². The van der Waals surface area contributed by atoms with E-state index in [0.29, 0.717) is 11.3 Å². The molecule has 0 spiro atoms. The first-order valence-electron chi connectivity index (χ1n) is 5.99. The molecule has 1 amide bonds. The summed E-state index contributed by atoms with van der Waals surface area (Å²) in [6.45, 7) is 2.02. The van der Waals surface area contributed by atoms with Gasteiger partial charge in [-0.2, -0.15) is 0 Å². The largest absolute Gasteiger partial charge is 0.488 e. The minimum Gasteiger partial charge on any atom is -0.488 e. The molecule has 1 fully saturated rings. The normalized spacial score (nSPS) is 14.5. The molecule has 4 heteroatoms. The zero-order chi connectivity index (χ0) is 12.4. The van der Waals surface area contributed by atoms with Crippen molar-refractivity contribution in [2.45, 2.75) is 32.3 Å². The van der Waals surface area contributed by atoms with E-state index in [9.17, 15) is 4.79 Å². The minimum atomic E-state index is -0.0299. The quantitative estimate of drug-likeness (QED) is 0.799. The number of pyridine rings is 1. The lowest BCUT2D eigenvalue weighted by molar-refractivity contribution is 0.0822. The topological polar surface area (TPSA) is 42.4 Å². The minimum absolute atomic E-state index is 0.0299. The van der Waals surface area contributed by atoms with E-state index in [2.05, 4.69) is 4.98 Å². The Labute approximate surface area is 102 Å². The van der Waals surface area contributed by atoms with Crippen LogP contribution in [0.3, 0.4) is 0 Å². The lowest BCUT2D eigenvalue weighted by Crippen LogP contribution is -2.23. The fraction of sp³-hybridized carbons (Fsp3) is 0.538. The predicted octanol–water partition coefficient (Wildman–Crippen LogP) is 1.89. The second-order valence-electron chi connectivity index (χ2n) is 4.50. The van der Waals surface area contributed by atoms with Crippen LogP contribution >= 0.6 is 0 Å². The molecule has 0 aliphatic heterocycles. The number of ether oxygens (including phenoxy) is 1. The third-order valence-corrected chi connectivity index (χ3v) is 2.76. The van der Waals surface area contributed by atoms with E-state index in [4.69, 9.17) is 4.74 Å². The molecule has 0 N–H and O–H groups in total. The third kappa shape index (κ3) is 2.57. The third-order valence-electron chi connectivity index (χ3n) is 2.76. The van der Waals surface area contributed by atoms with Crippen molar-refractivity contribution in [2.75, 3.05) is 14.1 Å². The number of nitrogens with zero attached hydrogens (tertiary/aromatic N) is 2. The SMILES string of the molecule is CCc1nccc(C(=O)N(C)C)c1OC1CC1. The summed E-state index contributed by atoms with van der Waals surface area (Å²) in [4.78, 5) is 17.9. The van der Waals surface area contributed by atoms with Gasteiger partial charge in [0.05, 0.1) is 17.4 Å². The molecule has 0 radical (unpaired) electrons. The van der Waals surface area contributed by atoms with Crippen LogP contribution in [-0.4, -0.2) is 36.0 Å². The highest BCUT2D eigenvalue weighted by atomic mass is 16.5. The summed E-state index contributed by atoms with van der Waals surface area (Å²) in [5.41, 5.74) is 1.48. The first-order chi connectivity index (χ1) is 8.13. The zero-order valence-electron chi connectivity index (χ0n) is 10.6. The van der Waals surface area contributed by atoms with Gasteiger partial charge in [-0.1, -0.05) is 6.92 Å². The maximum atomic E-state index is 12.1. The van der Waals surface area contributed by atoms with Crippen LogP contribution in [-0.2, 0) is 6.42 Å². The van der Waals surface area contributed by atoms with Crippen LogP contribution in [0.15, 0.2) is 12.3 Å². The van der Waals surface area contributed by atoms with E-state index in [0.717, 1.165) is 25.0 Å². The number of aryl methyl sites for hydroxylation is 1. The summed E-state index contributed by atoms with van der Waals surface area (Å²) in [7, 11) is 3.49. The maximum Gasteiger partial charge on any atom is 0.257 e. The molecule has 1 saturated carbocycles. The summed E-state index contributed by atoms with van der Waals surface area (Å²) in [5, 5.41) is 0. The van der Waals surface area contributed by atoms with Gasteiger partial charge in [-0.05, 0) is 25.3 Å². The van der Waals surface area contributed by atoms with Gasteiger partial charge >= 0.3 is 0 Å². The Kier molecular flexibility index (Phi) is 3.31. The maximum absolute atomic E-state index is 12.1. The Morgan fingerprint density at radius 3 is 2.76 bits per heavy atom. The van der Waals surface area contributed by atoms with Crippen LogP contribution < -0.4 is 4.74 Å². The average molecular weight is 234 g/mol. The second kappa shape index (κ2) is 4.73. The van der Waals surface area contributed by atoms with Crippen molar-refractivity contribution in [2.24, 2.45) is 0 Å². The van der Waals surface area contributed by atoms with Crippen molar-refractivity contribution >= 4 is 5.91 Å². The first-order valence-corrected chi connectivity index (χ1v) is 5.99. The van der Waals surface area contributed by atoms with E-state index in [1.165, 1.54) is 0 Å². The van der Waals surface area contributed by atoms with Gasteiger partial charge in [-0.3, -0.25) is 9.78 Å². The molecule has 0 saturated heterocycles. The molecule has 1 aliphatic carbocycles. The zero-order valence-corrected chi connectivity index (χ0v) is 10.6. The van der Waals surface area contributed by atoms with E-state index >= 15 is 0 Å².